The van der Waals surface area contributed by atoms with Gasteiger partial charge < -0.3 is 14.5 Å². The van der Waals surface area contributed by atoms with Crippen molar-refractivity contribution < 1.29 is 9.53 Å². The highest BCUT2D eigenvalue weighted by Gasteiger charge is 2.15. The van der Waals surface area contributed by atoms with Gasteiger partial charge in [-0.3, -0.25) is 4.79 Å². The second kappa shape index (κ2) is 8.86. The Labute approximate surface area is 173 Å². The molecule has 3 aromatic rings. The third kappa shape index (κ3) is 4.60. The van der Waals surface area contributed by atoms with Gasteiger partial charge in [0.25, 0.3) is 0 Å². The van der Waals surface area contributed by atoms with Crippen molar-refractivity contribution in [1.29, 1.82) is 0 Å². The van der Waals surface area contributed by atoms with E-state index in [-0.39, 0.29) is 5.91 Å². The zero-order valence-corrected chi connectivity index (χ0v) is 17.5. The molecule has 1 amide bonds. The predicted molar refractivity (Wildman–Crippen MR) is 115 cm³/mol. The van der Waals surface area contributed by atoms with Crippen LogP contribution in [0.25, 0.3) is 9.88 Å². The van der Waals surface area contributed by atoms with E-state index in [1.165, 1.54) is 5.69 Å². The number of benzene rings is 1. The van der Waals surface area contributed by atoms with Gasteiger partial charge in [-0.05, 0) is 29.1 Å². The molecule has 1 saturated heterocycles. The van der Waals surface area contributed by atoms with Crippen molar-refractivity contribution in [3.8, 4) is 9.88 Å². The lowest BCUT2D eigenvalue weighted by atomic mass is 10.1. The summed E-state index contributed by atoms with van der Waals surface area (Å²) < 4.78 is 5.41. The number of thiophene rings is 1. The van der Waals surface area contributed by atoms with E-state index in [1.807, 2.05) is 23.9 Å². The number of amides is 1. The molecule has 28 heavy (non-hydrogen) atoms. The first-order chi connectivity index (χ1) is 13.7. The number of carbonyl (C=O) groups excluding carboxylic acids is 1. The van der Waals surface area contributed by atoms with Crippen LogP contribution in [-0.2, 0) is 22.5 Å². The molecular formula is C21H23N3O2S2. The maximum atomic E-state index is 12.6. The SMILES string of the molecule is CN(Cc1ccc(N2CCOCC2)cc1)C(=O)Cc1csc(-c2cccs2)n1. The average Bonchev–Trinajstić information content (AvgIpc) is 3.41. The van der Waals surface area contributed by atoms with Crippen molar-refractivity contribution >= 4 is 34.3 Å². The molecule has 7 heteroatoms. The van der Waals surface area contributed by atoms with Crippen LogP contribution >= 0.6 is 22.7 Å². The number of hydrogen-bond donors (Lipinski definition) is 0. The molecule has 0 saturated carbocycles. The maximum Gasteiger partial charge on any atom is 0.228 e. The zero-order valence-electron chi connectivity index (χ0n) is 15.8. The predicted octanol–water partition coefficient (Wildman–Crippen LogP) is 3.91. The Morgan fingerprint density at radius 1 is 1.18 bits per heavy atom. The van der Waals surface area contributed by atoms with E-state index >= 15 is 0 Å². The van der Waals surface area contributed by atoms with Gasteiger partial charge in [-0.25, -0.2) is 4.98 Å². The summed E-state index contributed by atoms with van der Waals surface area (Å²) in [4.78, 5) is 22.5. The number of nitrogens with zero attached hydrogens (tertiary/aromatic N) is 3. The number of likely N-dealkylation sites (N-methyl/N-ethyl adjacent to an activating group) is 1. The second-order valence-corrected chi connectivity index (χ2v) is 8.62. The van der Waals surface area contributed by atoms with E-state index in [0.717, 1.165) is 47.4 Å². The van der Waals surface area contributed by atoms with Gasteiger partial charge in [0.15, 0.2) is 0 Å². The van der Waals surface area contributed by atoms with Crippen LogP contribution in [0.3, 0.4) is 0 Å². The first-order valence-electron chi connectivity index (χ1n) is 9.33. The molecule has 0 aliphatic carbocycles. The molecule has 3 heterocycles. The number of rotatable bonds is 6. The molecule has 1 aliphatic heterocycles. The fraction of sp³-hybridized carbons (Fsp3) is 0.333. The summed E-state index contributed by atoms with van der Waals surface area (Å²) in [5, 5.41) is 5.01. The zero-order chi connectivity index (χ0) is 19.3. The van der Waals surface area contributed by atoms with Gasteiger partial charge in [0.1, 0.15) is 5.01 Å². The summed E-state index contributed by atoms with van der Waals surface area (Å²) in [5.74, 6) is 0.0836. The van der Waals surface area contributed by atoms with Crippen molar-refractivity contribution in [3.63, 3.8) is 0 Å². The highest BCUT2D eigenvalue weighted by Crippen LogP contribution is 2.28. The van der Waals surface area contributed by atoms with Crippen molar-refractivity contribution in [2.24, 2.45) is 0 Å². The van der Waals surface area contributed by atoms with E-state index in [2.05, 4.69) is 40.2 Å². The molecule has 0 bridgehead atoms. The highest BCUT2D eigenvalue weighted by molar-refractivity contribution is 7.20. The Bertz CT molecular complexity index is 900. The van der Waals surface area contributed by atoms with Crippen molar-refractivity contribution in [2.75, 3.05) is 38.3 Å². The summed E-state index contributed by atoms with van der Waals surface area (Å²) in [6.45, 7) is 4.02. The molecule has 146 valence electrons. The standard InChI is InChI=1S/C21H23N3O2S2/c1-23(14-16-4-6-18(7-5-16)24-8-10-26-11-9-24)20(25)13-17-15-28-21(22-17)19-3-2-12-27-19/h2-7,12,15H,8-11,13-14H2,1H3. The molecule has 0 spiro atoms. The summed E-state index contributed by atoms with van der Waals surface area (Å²) >= 11 is 3.26. The monoisotopic (exact) mass is 413 g/mol. The number of carbonyl (C=O) groups is 1. The van der Waals surface area contributed by atoms with E-state index < -0.39 is 0 Å². The Morgan fingerprint density at radius 2 is 1.96 bits per heavy atom. The highest BCUT2D eigenvalue weighted by atomic mass is 32.1. The number of aromatic nitrogens is 1. The Hall–Kier alpha value is -2.22. The first kappa shape index (κ1) is 19.1. The lowest BCUT2D eigenvalue weighted by Gasteiger charge is -2.29. The summed E-state index contributed by atoms with van der Waals surface area (Å²) in [7, 11) is 1.85. The third-order valence-corrected chi connectivity index (χ3v) is 6.70. The van der Waals surface area contributed by atoms with Gasteiger partial charge in [0.05, 0.1) is 30.2 Å². The summed E-state index contributed by atoms with van der Waals surface area (Å²) in [6.07, 6.45) is 0.338. The number of ether oxygens (including phenoxy) is 1. The number of anilines is 1. The van der Waals surface area contributed by atoms with Crippen LogP contribution in [0.2, 0.25) is 0 Å². The van der Waals surface area contributed by atoms with Crippen molar-refractivity contribution in [3.05, 3.63) is 58.4 Å². The van der Waals surface area contributed by atoms with E-state index in [9.17, 15) is 4.79 Å². The van der Waals surface area contributed by atoms with E-state index in [0.29, 0.717) is 13.0 Å². The minimum Gasteiger partial charge on any atom is -0.378 e. The maximum absolute atomic E-state index is 12.6. The van der Waals surface area contributed by atoms with Gasteiger partial charge >= 0.3 is 0 Å². The van der Waals surface area contributed by atoms with Crippen LogP contribution < -0.4 is 4.90 Å². The van der Waals surface area contributed by atoms with Crippen LogP contribution in [0.1, 0.15) is 11.3 Å². The molecule has 0 radical (unpaired) electrons. The van der Waals surface area contributed by atoms with Gasteiger partial charge in [-0.1, -0.05) is 18.2 Å². The van der Waals surface area contributed by atoms with Gasteiger partial charge in [-0.2, -0.15) is 0 Å². The van der Waals surface area contributed by atoms with Crippen LogP contribution in [0, 0.1) is 0 Å². The van der Waals surface area contributed by atoms with Crippen molar-refractivity contribution in [2.45, 2.75) is 13.0 Å². The molecule has 1 aromatic carbocycles. The van der Waals surface area contributed by atoms with Gasteiger partial charge in [0.2, 0.25) is 5.91 Å². The summed E-state index contributed by atoms with van der Waals surface area (Å²) in [6, 6.07) is 12.5. The normalized spacial score (nSPS) is 14.2. The molecule has 1 fully saturated rings. The number of morpholine rings is 1. The van der Waals surface area contributed by atoms with E-state index in [4.69, 9.17) is 4.74 Å². The molecule has 4 rings (SSSR count). The third-order valence-electron chi connectivity index (χ3n) is 4.77. The number of hydrogen-bond acceptors (Lipinski definition) is 6. The summed E-state index contributed by atoms with van der Waals surface area (Å²) in [5.41, 5.74) is 3.18. The molecule has 0 unspecified atom stereocenters. The smallest absolute Gasteiger partial charge is 0.228 e. The first-order valence-corrected chi connectivity index (χ1v) is 11.1. The Kier molecular flexibility index (Phi) is 6.04. The minimum atomic E-state index is 0.0836. The fourth-order valence-electron chi connectivity index (χ4n) is 3.19. The Balaban J connectivity index is 1.33. The fourth-order valence-corrected chi connectivity index (χ4v) is 4.82. The molecular weight excluding hydrogens is 390 g/mol. The van der Waals surface area contributed by atoms with Crippen molar-refractivity contribution in [1.82, 2.24) is 9.88 Å². The molecule has 0 N–H and O–H groups in total. The Morgan fingerprint density at radius 3 is 2.68 bits per heavy atom. The lowest BCUT2D eigenvalue weighted by molar-refractivity contribution is -0.129. The van der Waals surface area contributed by atoms with Crippen LogP contribution in [0.5, 0.6) is 0 Å². The average molecular weight is 414 g/mol. The minimum absolute atomic E-state index is 0.0836. The van der Waals surface area contributed by atoms with Crippen LogP contribution in [0.15, 0.2) is 47.2 Å². The van der Waals surface area contributed by atoms with Gasteiger partial charge in [0, 0.05) is 37.7 Å². The van der Waals surface area contributed by atoms with Crippen LogP contribution in [-0.4, -0.2) is 49.1 Å². The molecule has 5 nitrogen and oxygen atoms in total. The van der Waals surface area contributed by atoms with Gasteiger partial charge in [-0.15, -0.1) is 22.7 Å². The molecule has 0 atom stereocenters. The molecule has 2 aromatic heterocycles. The number of thiazole rings is 1. The largest absolute Gasteiger partial charge is 0.378 e. The quantitative estimate of drug-likeness (QED) is 0.615. The second-order valence-electron chi connectivity index (χ2n) is 6.81. The topological polar surface area (TPSA) is 45.7 Å². The van der Waals surface area contributed by atoms with E-state index in [1.54, 1.807) is 27.6 Å². The lowest BCUT2D eigenvalue weighted by Crippen LogP contribution is -2.36. The molecule has 1 aliphatic rings. The van der Waals surface area contributed by atoms with Crippen LogP contribution in [0.4, 0.5) is 5.69 Å².